The van der Waals surface area contributed by atoms with E-state index in [4.69, 9.17) is 9.31 Å². The topological polar surface area (TPSA) is 18.5 Å². The Labute approximate surface area is 123 Å². The number of rotatable bonds is 3. The maximum atomic E-state index is 6.10. The van der Waals surface area contributed by atoms with Crippen LogP contribution in [-0.2, 0) is 14.7 Å². The van der Waals surface area contributed by atoms with Gasteiger partial charge in [-0.25, -0.2) is 0 Å². The molecule has 1 saturated carbocycles. The average Bonchev–Trinajstić information content (AvgIpc) is 3.14. The molecule has 0 spiro atoms. The van der Waals surface area contributed by atoms with Crippen LogP contribution in [0.2, 0.25) is 0 Å². The van der Waals surface area contributed by atoms with Crippen molar-refractivity contribution >= 4 is 12.6 Å². The van der Waals surface area contributed by atoms with E-state index in [1.807, 2.05) is 0 Å². The van der Waals surface area contributed by atoms with Crippen molar-refractivity contribution in [3.8, 4) is 0 Å². The van der Waals surface area contributed by atoms with Crippen LogP contribution in [0.1, 0.15) is 59.4 Å². The van der Waals surface area contributed by atoms with Crippen LogP contribution < -0.4 is 5.46 Å². The molecule has 1 aromatic carbocycles. The summed E-state index contributed by atoms with van der Waals surface area (Å²) in [6.45, 7) is 10.7. The summed E-state index contributed by atoms with van der Waals surface area (Å²) in [4.78, 5) is 0. The van der Waals surface area contributed by atoms with Gasteiger partial charge in [0.2, 0.25) is 0 Å². The highest BCUT2D eigenvalue weighted by atomic mass is 16.7. The molecule has 1 aliphatic carbocycles. The first-order valence-electron chi connectivity index (χ1n) is 7.76. The Morgan fingerprint density at radius 1 is 0.950 bits per heavy atom. The SMILES string of the molecule is CCC1(c2ccc(B3OC(C)(C)C(C)(C)O3)cc2)CC1. The second kappa shape index (κ2) is 4.35. The molecule has 2 aliphatic rings. The summed E-state index contributed by atoms with van der Waals surface area (Å²) in [5.41, 5.74) is 2.53. The molecule has 1 aromatic rings. The van der Waals surface area contributed by atoms with Gasteiger partial charge >= 0.3 is 7.12 Å². The molecule has 1 saturated heterocycles. The number of benzene rings is 1. The minimum absolute atomic E-state index is 0.245. The molecule has 0 unspecified atom stereocenters. The van der Waals surface area contributed by atoms with Crippen molar-refractivity contribution in [2.75, 3.05) is 0 Å². The molecule has 3 rings (SSSR count). The zero-order valence-corrected chi connectivity index (χ0v) is 13.3. The van der Waals surface area contributed by atoms with Gasteiger partial charge in [0.1, 0.15) is 0 Å². The molecule has 3 heteroatoms. The van der Waals surface area contributed by atoms with Crippen molar-refractivity contribution in [2.45, 2.75) is 70.5 Å². The van der Waals surface area contributed by atoms with E-state index < -0.39 is 0 Å². The van der Waals surface area contributed by atoms with E-state index in [1.54, 1.807) is 0 Å². The monoisotopic (exact) mass is 272 g/mol. The first-order chi connectivity index (χ1) is 9.30. The summed E-state index contributed by atoms with van der Waals surface area (Å²) in [6, 6.07) is 8.87. The van der Waals surface area contributed by atoms with Gasteiger partial charge < -0.3 is 9.31 Å². The van der Waals surface area contributed by atoms with E-state index in [1.165, 1.54) is 24.8 Å². The van der Waals surface area contributed by atoms with Gasteiger partial charge in [-0.15, -0.1) is 0 Å². The smallest absolute Gasteiger partial charge is 0.399 e. The Balaban J connectivity index is 1.80. The Morgan fingerprint density at radius 3 is 1.85 bits per heavy atom. The lowest BCUT2D eigenvalue weighted by Crippen LogP contribution is -2.41. The summed E-state index contributed by atoms with van der Waals surface area (Å²) in [7, 11) is -0.245. The molecule has 0 bridgehead atoms. The van der Waals surface area contributed by atoms with Gasteiger partial charge in [-0.05, 0) is 63.4 Å². The van der Waals surface area contributed by atoms with Gasteiger partial charge in [-0.2, -0.15) is 0 Å². The summed E-state index contributed by atoms with van der Waals surface area (Å²) in [6.07, 6.45) is 3.90. The molecule has 108 valence electrons. The Hall–Kier alpha value is -0.795. The Morgan fingerprint density at radius 2 is 1.45 bits per heavy atom. The molecular formula is C17H25BO2. The summed E-state index contributed by atoms with van der Waals surface area (Å²) in [5.74, 6) is 0. The maximum Gasteiger partial charge on any atom is 0.494 e. The standard InChI is InChI=1S/C17H25BO2/c1-6-17(11-12-17)13-7-9-14(10-8-13)18-19-15(2,3)16(4,5)20-18/h7-10H,6,11-12H2,1-5H3. The third-order valence-electron chi connectivity index (χ3n) is 5.58. The van der Waals surface area contributed by atoms with Crippen LogP contribution in [0.5, 0.6) is 0 Å². The fraction of sp³-hybridized carbons (Fsp3) is 0.647. The minimum Gasteiger partial charge on any atom is -0.399 e. The minimum atomic E-state index is -0.266. The molecular weight excluding hydrogens is 247 g/mol. The van der Waals surface area contributed by atoms with E-state index in [2.05, 4.69) is 58.9 Å². The van der Waals surface area contributed by atoms with Gasteiger partial charge in [-0.1, -0.05) is 31.2 Å². The van der Waals surface area contributed by atoms with Crippen LogP contribution >= 0.6 is 0 Å². The molecule has 0 N–H and O–H groups in total. The molecule has 0 radical (unpaired) electrons. The molecule has 0 amide bonds. The predicted molar refractivity (Wildman–Crippen MR) is 83.4 cm³/mol. The summed E-state index contributed by atoms with van der Waals surface area (Å²) in [5, 5.41) is 0. The fourth-order valence-corrected chi connectivity index (χ4v) is 2.97. The van der Waals surface area contributed by atoms with E-state index >= 15 is 0 Å². The maximum absolute atomic E-state index is 6.10. The molecule has 1 aliphatic heterocycles. The first kappa shape index (κ1) is 14.2. The van der Waals surface area contributed by atoms with E-state index in [9.17, 15) is 0 Å². The lowest BCUT2D eigenvalue weighted by Gasteiger charge is -2.32. The van der Waals surface area contributed by atoms with Crippen LogP contribution in [-0.4, -0.2) is 18.3 Å². The van der Waals surface area contributed by atoms with E-state index in [0.717, 1.165) is 5.46 Å². The van der Waals surface area contributed by atoms with Crippen LogP contribution in [0.15, 0.2) is 24.3 Å². The largest absolute Gasteiger partial charge is 0.494 e. The van der Waals surface area contributed by atoms with Crippen molar-refractivity contribution in [2.24, 2.45) is 0 Å². The third-order valence-corrected chi connectivity index (χ3v) is 5.58. The molecule has 0 aromatic heterocycles. The van der Waals surface area contributed by atoms with Crippen molar-refractivity contribution < 1.29 is 9.31 Å². The van der Waals surface area contributed by atoms with Crippen molar-refractivity contribution in [3.63, 3.8) is 0 Å². The van der Waals surface area contributed by atoms with Gasteiger partial charge in [0.25, 0.3) is 0 Å². The first-order valence-corrected chi connectivity index (χ1v) is 7.76. The highest BCUT2D eigenvalue weighted by molar-refractivity contribution is 6.62. The quantitative estimate of drug-likeness (QED) is 0.785. The zero-order chi connectivity index (χ0) is 14.6. The van der Waals surface area contributed by atoms with Crippen LogP contribution in [0.25, 0.3) is 0 Å². The Bertz CT molecular complexity index is 484. The number of hydrogen-bond acceptors (Lipinski definition) is 2. The predicted octanol–water partition coefficient (Wildman–Crippen LogP) is 3.43. The Kier molecular flexibility index (Phi) is 3.08. The number of hydrogen-bond donors (Lipinski definition) is 0. The van der Waals surface area contributed by atoms with Gasteiger partial charge in [0.05, 0.1) is 11.2 Å². The molecule has 2 nitrogen and oxygen atoms in total. The second-order valence-electron chi connectivity index (χ2n) is 7.34. The fourth-order valence-electron chi connectivity index (χ4n) is 2.97. The normalized spacial score (nSPS) is 25.8. The van der Waals surface area contributed by atoms with E-state index in [0.29, 0.717) is 5.41 Å². The lowest BCUT2D eigenvalue weighted by atomic mass is 9.78. The van der Waals surface area contributed by atoms with E-state index in [-0.39, 0.29) is 18.3 Å². The van der Waals surface area contributed by atoms with Crippen LogP contribution in [0.4, 0.5) is 0 Å². The van der Waals surface area contributed by atoms with Gasteiger partial charge in [0.15, 0.2) is 0 Å². The van der Waals surface area contributed by atoms with Crippen molar-refractivity contribution in [1.29, 1.82) is 0 Å². The molecule has 20 heavy (non-hydrogen) atoms. The molecule has 0 atom stereocenters. The van der Waals surface area contributed by atoms with Crippen LogP contribution in [0, 0.1) is 0 Å². The lowest BCUT2D eigenvalue weighted by molar-refractivity contribution is 0.00578. The average molecular weight is 272 g/mol. The third kappa shape index (κ3) is 2.12. The highest BCUT2D eigenvalue weighted by Crippen LogP contribution is 2.50. The van der Waals surface area contributed by atoms with Crippen LogP contribution in [0.3, 0.4) is 0 Å². The van der Waals surface area contributed by atoms with Gasteiger partial charge in [-0.3, -0.25) is 0 Å². The zero-order valence-electron chi connectivity index (χ0n) is 13.3. The molecule has 2 fully saturated rings. The highest BCUT2D eigenvalue weighted by Gasteiger charge is 2.51. The molecule has 1 heterocycles. The van der Waals surface area contributed by atoms with Crippen molar-refractivity contribution in [1.82, 2.24) is 0 Å². The van der Waals surface area contributed by atoms with Crippen molar-refractivity contribution in [3.05, 3.63) is 29.8 Å². The summed E-state index contributed by atoms with van der Waals surface area (Å²) >= 11 is 0. The van der Waals surface area contributed by atoms with Gasteiger partial charge in [0, 0.05) is 0 Å². The summed E-state index contributed by atoms with van der Waals surface area (Å²) < 4.78 is 12.2. The second-order valence-corrected chi connectivity index (χ2v) is 7.34.